The highest BCUT2D eigenvalue weighted by Gasteiger charge is 2.28. The number of benzene rings is 1. The highest BCUT2D eigenvalue weighted by atomic mass is 16.3. The molecule has 2 N–H and O–H groups in total. The van der Waals surface area contributed by atoms with Crippen LogP contribution in [-0.2, 0) is 6.54 Å². The quantitative estimate of drug-likeness (QED) is 0.886. The molecule has 0 bridgehead atoms. The van der Waals surface area contributed by atoms with Gasteiger partial charge in [-0.05, 0) is 18.9 Å². The third-order valence-electron chi connectivity index (χ3n) is 4.11. The van der Waals surface area contributed by atoms with Gasteiger partial charge in [0.05, 0.1) is 11.9 Å². The molecule has 1 heterocycles. The zero-order valence-electron chi connectivity index (χ0n) is 11.2. The molecule has 1 aromatic carbocycles. The molecule has 1 saturated carbocycles. The second-order valence-corrected chi connectivity index (χ2v) is 5.65. The maximum Gasteiger partial charge on any atom is 0.134 e. The normalized spacial score (nSPS) is 18.8. The van der Waals surface area contributed by atoms with Gasteiger partial charge in [-0.25, -0.2) is 0 Å². The Morgan fingerprint density at radius 2 is 1.95 bits per heavy atom. The Bertz CT molecular complexity index is 540. The lowest BCUT2D eigenvalue weighted by Gasteiger charge is -2.32. The molecule has 3 nitrogen and oxygen atoms in total. The summed E-state index contributed by atoms with van der Waals surface area (Å²) >= 11 is 0. The van der Waals surface area contributed by atoms with Crippen LogP contribution >= 0.6 is 0 Å². The molecule has 1 aliphatic carbocycles. The Kier molecular flexibility index (Phi) is 3.58. The van der Waals surface area contributed by atoms with Gasteiger partial charge in [-0.2, -0.15) is 0 Å². The van der Waals surface area contributed by atoms with E-state index in [2.05, 4.69) is 11.4 Å². The summed E-state index contributed by atoms with van der Waals surface area (Å²) in [6.45, 7) is 1.42. The van der Waals surface area contributed by atoms with Crippen molar-refractivity contribution in [2.75, 3.05) is 6.54 Å². The highest BCUT2D eigenvalue weighted by molar-refractivity contribution is 5.80. The molecule has 102 valence electrons. The van der Waals surface area contributed by atoms with Crippen LogP contribution in [0.5, 0.6) is 0 Å². The Labute approximate surface area is 113 Å². The van der Waals surface area contributed by atoms with Crippen LogP contribution in [0.15, 0.2) is 34.9 Å². The van der Waals surface area contributed by atoms with Crippen molar-refractivity contribution in [2.45, 2.75) is 44.2 Å². The third-order valence-corrected chi connectivity index (χ3v) is 4.11. The van der Waals surface area contributed by atoms with Gasteiger partial charge in [-0.3, -0.25) is 0 Å². The molecule has 0 atom stereocenters. The van der Waals surface area contributed by atoms with Crippen molar-refractivity contribution < 1.29 is 9.52 Å². The van der Waals surface area contributed by atoms with Gasteiger partial charge in [0, 0.05) is 24.0 Å². The van der Waals surface area contributed by atoms with Crippen LogP contribution < -0.4 is 5.32 Å². The van der Waals surface area contributed by atoms with Gasteiger partial charge in [0.2, 0.25) is 0 Å². The number of fused-ring (bicyclic) bond motifs is 1. The number of hydrogen-bond donors (Lipinski definition) is 2. The van der Waals surface area contributed by atoms with Crippen LogP contribution in [-0.4, -0.2) is 17.3 Å². The molecule has 1 aromatic heterocycles. The summed E-state index contributed by atoms with van der Waals surface area (Å²) in [6.07, 6.45) is 7.20. The predicted molar refractivity (Wildman–Crippen MR) is 76.0 cm³/mol. The summed E-state index contributed by atoms with van der Waals surface area (Å²) in [5.41, 5.74) is 1.59. The monoisotopic (exact) mass is 259 g/mol. The highest BCUT2D eigenvalue weighted by Crippen LogP contribution is 2.27. The number of hydrogen-bond acceptors (Lipinski definition) is 3. The molecule has 3 heteroatoms. The summed E-state index contributed by atoms with van der Waals surface area (Å²) in [4.78, 5) is 0. The first-order chi connectivity index (χ1) is 9.27. The predicted octanol–water partition coefficient (Wildman–Crippen LogP) is 3.22. The zero-order valence-corrected chi connectivity index (χ0v) is 11.2. The van der Waals surface area contributed by atoms with E-state index in [0.29, 0.717) is 6.54 Å². The van der Waals surface area contributed by atoms with Crippen molar-refractivity contribution in [1.82, 2.24) is 5.32 Å². The van der Waals surface area contributed by atoms with E-state index in [-0.39, 0.29) is 0 Å². The number of nitrogens with one attached hydrogen (secondary N) is 1. The van der Waals surface area contributed by atoms with Gasteiger partial charge in [0.15, 0.2) is 0 Å². The van der Waals surface area contributed by atoms with Crippen molar-refractivity contribution >= 4 is 11.0 Å². The maximum absolute atomic E-state index is 10.4. The van der Waals surface area contributed by atoms with Gasteiger partial charge < -0.3 is 14.8 Å². The van der Waals surface area contributed by atoms with Crippen LogP contribution in [0.4, 0.5) is 0 Å². The van der Waals surface area contributed by atoms with Gasteiger partial charge in [-0.1, -0.05) is 37.5 Å². The number of furan rings is 1. The molecule has 1 fully saturated rings. The fourth-order valence-corrected chi connectivity index (χ4v) is 2.99. The van der Waals surface area contributed by atoms with Crippen LogP contribution in [0.25, 0.3) is 11.0 Å². The third kappa shape index (κ3) is 2.82. The van der Waals surface area contributed by atoms with E-state index in [1.165, 1.54) is 6.42 Å². The van der Waals surface area contributed by atoms with E-state index in [1.807, 2.05) is 24.5 Å². The minimum absolute atomic E-state index is 0.502. The summed E-state index contributed by atoms with van der Waals surface area (Å²) in [5, 5.41) is 15.0. The number of rotatable bonds is 4. The second kappa shape index (κ2) is 5.35. The van der Waals surface area contributed by atoms with E-state index in [9.17, 15) is 5.11 Å². The van der Waals surface area contributed by atoms with E-state index in [1.54, 1.807) is 0 Å². The lowest BCUT2D eigenvalue weighted by Crippen LogP contribution is -2.41. The molecule has 0 aliphatic heterocycles. The maximum atomic E-state index is 10.4. The molecule has 0 unspecified atom stereocenters. The van der Waals surface area contributed by atoms with Gasteiger partial charge in [0.25, 0.3) is 0 Å². The van der Waals surface area contributed by atoms with Crippen LogP contribution in [0.3, 0.4) is 0 Å². The average Bonchev–Trinajstić information content (AvgIpc) is 2.83. The largest absolute Gasteiger partial charge is 0.464 e. The van der Waals surface area contributed by atoms with E-state index < -0.39 is 5.60 Å². The van der Waals surface area contributed by atoms with Crippen LogP contribution in [0, 0.1) is 0 Å². The summed E-state index contributed by atoms with van der Waals surface area (Å²) in [5.74, 6) is 0. The van der Waals surface area contributed by atoms with Crippen molar-refractivity contribution in [3.05, 3.63) is 36.1 Å². The smallest absolute Gasteiger partial charge is 0.134 e. The SMILES string of the molecule is OC1(CNCc2coc3ccccc23)CCCCC1. The van der Waals surface area contributed by atoms with Gasteiger partial charge >= 0.3 is 0 Å². The number of para-hydroxylation sites is 1. The Hall–Kier alpha value is -1.32. The summed E-state index contributed by atoms with van der Waals surface area (Å²) in [6, 6.07) is 8.06. The van der Waals surface area contributed by atoms with Gasteiger partial charge in [-0.15, -0.1) is 0 Å². The topological polar surface area (TPSA) is 45.4 Å². The Balaban J connectivity index is 1.60. The first-order valence-corrected chi connectivity index (χ1v) is 7.15. The molecule has 3 rings (SSSR count). The molecule has 0 saturated heterocycles. The summed E-state index contributed by atoms with van der Waals surface area (Å²) in [7, 11) is 0. The lowest BCUT2D eigenvalue weighted by molar-refractivity contribution is 0.00468. The molecule has 0 radical (unpaired) electrons. The average molecular weight is 259 g/mol. The van der Waals surface area contributed by atoms with Crippen molar-refractivity contribution in [1.29, 1.82) is 0 Å². The first-order valence-electron chi connectivity index (χ1n) is 7.15. The second-order valence-electron chi connectivity index (χ2n) is 5.65. The lowest BCUT2D eigenvalue weighted by atomic mass is 9.85. The van der Waals surface area contributed by atoms with Crippen molar-refractivity contribution in [3.8, 4) is 0 Å². The van der Waals surface area contributed by atoms with E-state index >= 15 is 0 Å². The molecule has 1 aliphatic rings. The fourth-order valence-electron chi connectivity index (χ4n) is 2.99. The number of aliphatic hydroxyl groups is 1. The van der Waals surface area contributed by atoms with Gasteiger partial charge in [0.1, 0.15) is 5.58 Å². The van der Waals surface area contributed by atoms with Crippen LogP contribution in [0.1, 0.15) is 37.7 Å². The van der Waals surface area contributed by atoms with E-state index in [0.717, 1.165) is 48.8 Å². The van der Waals surface area contributed by atoms with Crippen molar-refractivity contribution in [2.24, 2.45) is 0 Å². The zero-order chi connectivity index (χ0) is 13.1. The molecule has 0 amide bonds. The van der Waals surface area contributed by atoms with E-state index in [4.69, 9.17) is 4.42 Å². The first kappa shape index (κ1) is 12.7. The molecular weight excluding hydrogens is 238 g/mol. The Morgan fingerprint density at radius 1 is 1.16 bits per heavy atom. The molecule has 19 heavy (non-hydrogen) atoms. The fraction of sp³-hybridized carbons (Fsp3) is 0.500. The minimum atomic E-state index is -0.502. The molecular formula is C16H21NO2. The molecule has 0 spiro atoms. The molecule has 2 aromatic rings. The Morgan fingerprint density at radius 3 is 2.79 bits per heavy atom. The van der Waals surface area contributed by atoms with Crippen LogP contribution in [0.2, 0.25) is 0 Å². The van der Waals surface area contributed by atoms with Crippen molar-refractivity contribution in [3.63, 3.8) is 0 Å². The standard InChI is InChI=1S/C16H21NO2/c18-16(8-4-1-5-9-16)12-17-10-13-11-19-15-7-3-2-6-14(13)15/h2-3,6-7,11,17-18H,1,4-5,8-10,12H2. The summed E-state index contributed by atoms with van der Waals surface area (Å²) < 4.78 is 5.51. The minimum Gasteiger partial charge on any atom is -0.464 e.